The summed E-state index contributed by atoms with van der Waals surface area (Å²) < 4.78 is 1.88. The van der Waals surface area contributed by atoms with Gasteiger partial charge in [-0.25, -0.2) is 0 Å². The molecule has 0 spiro atoms. The van der Waals surface area contributed by atoms with Gasteiger partial charge in [0, 0.05) is 30.8 Å². The third-order valence-electron chi connectivity index (χ3n) is 4.82. The molecule has 1 aromatic rings. The molecule has 0 radical (unpaired) electrons. The SMILES string of the molecule is CCC(NC(=O)C[C@@H]1CCC[C@H]1N)c1c(C)nn(C)c1C. The topological polar surface area (TPSA) is 72.9 Å². The summed E-state index contributed by atoms with van der Waals surface area (Å²) in [7, 11) is 1.94. The van der Waals surface area contributed by atoms with Crippen LogP contribution in [0.3, 0.4) is 0 Å². The van der Waals surface area contributed by atoms with Crippen LogP contribution in [-0.2, 0) is 11.8 Å². The molecule has 0 saturated heterocycles. The van der Waals surface area contributed by atoms with Crippen LogP contribution in [0, 0.1) is 19.8 Å². The number of nitrogens with zero attached hydrogens (tertiary/aromatic N) is 2. The summed E-state index contributed by atoms with van der Waals surface area (Å²) >= 11 is 0. The highest BCUT2D eigenvalue weighted by Crippen LogP contribution is 2.28. The van der Waals surface area contributed by atoms with Gasteiger partial charge in [-0.2, -0.15) is 5.10 Å². The molecule has 5 nitrogen and oxygen atoms in total. The highest BCUT2D eigenvalue weighted by atomic mass is 16.1. The van der Waals surface area contributed by atoms with Crippen molar-refractivity contribution in [1.82, 2.24) is 15.1 Å². The van der Waals surface area contributed by atoms with Crippen molar-refractivity contribution in [3.05, 3.63) is 17.0 Å². The molecule has 1 fully saturated rings. The average molecular weight is 292 g/mol. The van der Waals surface area contributed by atoms with Gasteiger partial charge in [0.25, 0.3) is 0 Å². The fraction of sp³-hybridized carbons (Fsp3) is 0.750. The van der Waals surface area contributed by atoms with Gasteiger partial charge in [0.05, 0.1) is 11.7 Å². The first-order valence-corrected chi connectivity index (χ1v) is 7.99. The minimum Gasteiger partial charge on any atom is -0.349 e. The molecule has 21 heavy (non-hydrogen) atoms. The van der Waals surface area contributed by atoms with Gasteiger partial charge >= 0.3 is 0 Å². The summed E-state index contributed by atoms with van der Waals surface area (Å²) in [5.74, 6) is 0.463. The number of rotatable bonds is 5. The zero-order valence-corrected chi connectivity index (χ0v) is 13.6. The highest BCUT2D eigenvalue weighted by molar-refractivity contribution is 5.77. The Hall–Kier alpha value is -1.36. The van der Waals surface area contributed by atoms with Gasteiger partial charge in [-0.05, 0) is 39.0 Å². The molecule has 1 aromatic heterocycles. The maximum Gasteiger partial charge on any atom is 0.220 e. The van der Waals surface area contributed by atoms with E-state index >= 15 is 0 Å². The smallest absolute Gasteiger partial charge is 0.220 e. The molecule has 1 aliphatic carbocycles. The van der Waals surface area contributed by atoms with E-state index in [1.54, 1.807) is 0 Å². The van der Waals surface area contributed by atoms with Crippen molar-refractivity contribution >= 4 is 5.91 Å². The summed E-state index contributed by atoms with van der Waals surface area (Å²) in [6, 6.07) is 0.238. The molecule has 3 N–H and O–H groups in total. The van der Waals surface area contributed by atoms with Crippen molar-refractivity contribution in [3.63, 3.8) is 0 Å². The van der Waals surface area contributed by atoms with Crippen LogP contribution in [0.5, 0.6) is 0 Å². The quantitative estimate of drug-likeness (QED) is 0.873. The minimum absolute atomic E-state index is 0.0452. The van der Waals surface area contributed by atoms with Crippen molar-refractivity contribution in [2.45, 2.75) is 65.0 Å². The van der Waals surface area contributed by atoms with E-state index in [1.807, 2.05) is 18.7 Å². The average Bonchev–Trinajstić information content (AvgIpc) is 2.92. The van der Waals surface area contributed by atoms with Crippen LogP contribution in [0.2, 0.25) is 0 Å². The minimum atomic E-state index is 0.0452. The maximum atomic E-state index is 12.3. The number of amides is 1. The van der Waals surface area contributed by atoms with E-state index in [0.717, 1.165) is 42.6 Å². The summed E-state index contributed by atoms with van der Waals surface area (Å²) in [6.07, 6.45) is 4.70. The Morgan fingerprint density at radius 2 is 2.19 bits per heavy atom. The summed E-state index contributed by atoms with van der Waals surface area (Å²) in [5, 5.41) is 7.63. The van der Waals surface area contributed by atoms with Gasteiger partial charge in [0.2, 0.25) is 5.91 Å². The van der Waals surface area contributed by atoms with Crippen LogP contribution in [-0.4, -0.2) is 21.7 Å². The molecule has 1 aliphatic rings. The van der Waals surface area contributed by atoms with Crippen molar-refractivity contribution in [2.75, 3.05) is 0 Å². The molecule has 0 aliphatic heterocycles. The Kier molecular flexibility index (Phi) is 5.04. The standard InChI is InChI=1S/C16H28N4O/c1-5-14(16-10(2)19-20(4)11(16)3)18-15(21)9-12-7-6-8-13(12)17/h12-14H,5-9,17H2,1-4H3,(H,18,21)/t12-,13+,14?/m0/s1. The monoisotopic (exact) mass is 292 g/mol. The molecule has 1 saturated carbocycles. The van der Waals surface area contributed by atoms with E-state index in [9.17, 15) is 4.79 Å². The normalized spacial score (nSPS) is 23.3. The number of carbonyl (C=O) groups is 1. The Morgan fingerprint density at radius 1 is 1.48 bits per heavy atom. The maximum absolute atomic E-state index is 12.3. The van der Waals surface area contributed by atoms with Gasteiger partial charge in [-0.1, -0.05) is 13.3 Å². The third kappa shape index (κ3) is 3.46. The molecule has 5 heteroatoms. The van der Waals surface area contributed by atoms with Gasteiger partial charge in [0.1, 0.15) is 0 Å². The predicted octanol–water partition coefficient (Wildman–Crippen LogP) is 2.12. The Bertz CT molecular complexity index is 509. The zero-order valence-electron chi connectivity index (χ0n) is 13.6. The first-order chi connectivity index (χ1) is 9.93. The van der Waals surface area contributed by atoms with Crippen molar-refractivity contribution < 1.29 is 4.79 Å². The van der Waals surface area contributed by atoms with Gasteiger partial charge in [-0.15, -0.1) is 0 Å². The number of hydrogen-bond donors (Lipinski definition) is 2. The van der Waals surface area contributed by atoms with Gasteiger partial charge in [0.15, 0.2) is 0 Å². The van der Waals surface area contributed by atoms with E-state index in [4.69, 9.17) is 5.73 Å². The molecule has 0 bridgehead atoms. The molecule has 118 valence electrons. The number of aryl methyl sites for hydroxylation is 2. The number of hydrogen-bond acceptors (Lipinski definition) is 3. The van der Waals surface area contributed by atoms with E-state index < -0.39 is 0 Å². The molecule has 0 aromatic carbocycles. The van der Waals surface area contributed by atoms with Crippen molar-refractivity contribution in [1.29, 1.82) is 0 Å². The Morgan fingerprint density at radius 3 is 2.67 bits per heavy atom. The third-order valence-corrected chi connectivity index (χ3v) is 4.82. The predicted molar refractivity (Wildman–Crippen MR) is 83.8 cm³/mol. The second kappa shape index (κ2) is 6.60. The van der Waals surface area contributed by atoms with E-state index in [-0.39, 0.29) is 18.0 Å². The number of nitrogens with one attached hydrogen (secondary N) is 1. The fourth-order valence-electron chi connectivity index (χ4n) is 3.48. The lowest BCUT2D eigenvalue weighted by Crippen LogP contribution is -2.34. The number of carbonyl (C=O) groups excluding carboxylic acids is 1. The molecule has 1 heterocycles. The lowest BCUT2D eigenvalue weighted by molar-refractivity contribution is -0.122. The summed E-state index contributed by atoms with van der Waals surface area (Å²) in [4.78, 5) is 12.3. The van der Waals surface area contributed by atoms with E-state index in [2.05, 4.69) is 24.3 Å². The van der Waals surface area contributed by atoms with Gasteiger partial charge in [-0.3, -0.25) is 9.48 Å². The van der Waals surface area contributed by atoms with Gasteiger partial charge < -0.3 is 11.1 Å². The zero-order chi connectivity index (χ0) is 15.6. The summed E-state index contributed by atoms with van der Waals surface area (Å²) in [5.41, 5.74) is 9.34. The second-order valence-electron chi connectivity index (χ2n) is 6.30. The number of nitrogens with two attached hydrogens (primary N) is 1. The van der Waals surface area contributed by atoms with Crippen LogP contribution < -0.4 is 11.1 Å². The Balaban J connectivity index is 2.03. The first-order valence-electron chi connectivity index (χ1n) is 7.99. The van der Waals surface area contributed by atoms with Crippen LogP contribution in [0.1, 0.15) is 62.0 Å². The van der Waals surface area contributed by atoms with Crippen molar-refractivity contribution in [3.8, 4) is 0 Å². The first kappa shape index (κ1) is 16.0. The molecular weight excluding hydrogens is 264 g/mol. The van der Waals surface area contributed by atoms with Crippen LogP contribution in [0.15, 0.2) is 0 Å². The fourth-order valence-corrected chi connectivity index (χ4v) is 3.48. The lowest BCUT2D eigenvalue weighted by atomic mass is 9.98. The molecule has 1 unspecified atom stereocenters. The van der Waals surface area contributed by atoms with E-state index in [0.29, 0.717) is 12.3 Å². The molecular formula is C16H28N4O. The van der Waals surface area contributed by atoms with Crippen LogP contribution in [0.4, 0.5) is 0 Å². The van der Waals surface area contributed by atoms with Crippen molar-refractivity contribution in [2.24, 2.45) is 18.7 Å². The molecule has 3 atom stereocenters. The largest absolute Gasteiger partial charge is 0.349 e. The highest BCUT2D eigenvalue weighted by Gasteiger charge is 2.27. The number of aromatic nitrogens is 2. The second-order valence-corrected chi connectivity index (χ2v) is 6.30. The van der Waals surface area contributed by atoms with Crippen LogP contribution >= 0.6 is 0 Å². The Labute approximate surface area is 127 Å². The lowest BCUT2D eigenvalue weighted by Gasteiger charge is -2.20. The molecule has 1 amide bonds. The molecule has 2 rings (SSSR count). The summed E-state index contributed by atoms with van der Waals surface area (Å²) in [6.45, 7) is 6.15. The van der Waals surface area contributed by atoms with Crippen LogP contribution in [0.25, 0.3) is 0 Å². The van der Waals surface area contributed by atoms with E-state index in [1.165, 1.54) is 0 Å².